The SMILES string of the molecule is Cn1ccc(-n2nc(C(F)(F)F)c(-c3cc(F)cc(OCC(F)(F)F)c3)c2N)n1. The molecule has 13 heteroatoms. The molecule has 1 aromatic carbocycles. The van der Waals surface area contributed by atoms with Crippen LogP contribution >= 0.6 is 0 Å². The summed E-state index contributed by atoms with van der Waals surface area (Å²) in [6.45, 7) is -1.75. The van der Waals surface area contributed by atoms with E-state index in [0.29, 0.717) is 16.8 Å². The number of aromatic nitrogens is 4. The summed E-state index contributed by atoms with van der Waals surface area (Å²) in [5.74, 6) is -2.29. The highest BCUT2D eigenvalue weighted by atomic mass is 19.4. The van der Waals surface area contributed by atoms with Crippen molar-refractivity contribution < 1.29 is 35.5 Å². The standard InChI is InChI=1S/C16H12F7N5O/c1-27-3-2-11(25-27)28-14(24)12(13(26-28)16(21,22)23)8-4-9(17)6-10(5-8)29-7-15(18,19)20/h2-6H,7,24H2,1H3. The Hall–Kier alpha value is -3.25. The van der Waals surface area contributed by atoms with Crippen LogP contribution in [0, 0.1) is 5.82 Å². The van der Waals surface area contributed by atoms with Gasteiger partial charge in [-0.15, -0.1) is 0 Å². The first-order chi connectivity index (χ1) is 13.3. The minimum atomic E-state index is -4.98. The first-order valence-corrected chi connectivity index (χ1v) is 7.81. The molecule has 156 valence electrons. The Kier molecular flexibility index (Phi) is 4.92. The molecule has 3 aromatic rings. The van der Waals surface area contributed by atoms with Crippen LogP contribution in [-0.4, -0.2) is 32.3 Å². The number of ether oxygens (including phenoxy) is 1. The van der Waals surface area contributed by atoms with Crippen LogP contribution in [0.15, 0.2) is 30.5 Å². The molecule has 0 aliphatic carbocycles. The van der Waals surface area contributed by atoms with E-state index in [9.17, 15) is 30.7 Å². The van der Waals surface area contributed by atoms with E-state index in [4.69, 9.17) is 5.73 Å². The topological polar surface area (TPSA) is 70.9 Å². The molecular formula is C16H12F7N5O. The Balaban J connectivity index is 2.15. The van der Waals surface area contributed by atoms with Crippen molar-refractivity contribution in [2.75, 3.05) is 12.3 Å². The van der Waals surface area contributed by atoms with Crippen molar-refractivity contribution in [3.63, 3.8) is 0 Å². The summed E-state index contributed by atoms with van der Waals surface area (Å²) in [5, 5.41) is 7.34. The predicted molar refractivity (Wildman–Crippen MR) is 86.7 cm³/mol. The van der Waals surface area contributed by atoms with Gasteiger partial charge in [0.2, 0.25) is 0 Å². The lowest BCUT2D eigenvalue weighted by Crippen LogP contribution is -2.19. The highest BCUT2D eigenvalue weighted by Crippen LogP contribution is 2.41. The number of halogens is 7. The molecule has 0 amide bonds. The molecule has 3 rings (SSSR count). The first-order valence-electron chi connectivity index (χ1n) is 7.81. The van der Waals surface area contributed by atoms with Crippen LogP contribution in [0.4, 0.5) is 36.6 Å². The van der Waals surface area contributed by atoms with Crippen LogP contribution in [0.25, 0.3) is 16.9 Å². The fourth-order valence-corrected chi connectivity index (χ4v) is 2.56. The van der Waals surface area contributed by atoms with Gasteiger partial charge in [0.05, 0.1) is 5.56 Å². The molecule has 0 bridgehead atoms. The Morgan fingerprint density at radius 2 is 1.76 bits per heavy atom. The van der Waals surface area contributed by atoms with E-state index in [0.717, 1.165) is 6.07 Å². The number of nitrogens with two attached hydrogens (primary N) is 1. The molecule has 2 N–H and O–H groups in total. The Bertz CT molecular complexity index is 1040. The van der Waals surface area contributed by atoms with Crippen molar-refractivity contribution in [3.05, 3.63) is 42.0 Å². The zero-order valence-corrected chi connectivity index (χ0v) is 14.5. The quantitative estimate of drug-likeness (QED) is 0.646. The number of rotatable bonds is 4. The van der Waals surface area contributed by atoms with Gasteiger partial charge < -0.3 is 10.5 Å². The number of alkyl halides is 6. The number of hydrogen-bond donors (Lipinski definition) is 1. The first kappa shape index (κ1) is 20.5. The summed E-state index contributed by atoms with van der Waals surface area (Å²) in [7, 11) is 1.52. The highest BCUT2D eigenvalue weighted by molar-refractivity contribution is 5.79. The van der Waals surface area contributed by atoms with Crippen LogP contribution in [0.5, 0.6) is 5.75 Å². The van der Waals surface area contributed by atoms with Gasteiger partial charge >= 0.3 is 12.4 Å². The molecule has 2 heterocycles. The van der Waals surface area contributed by atoms with E-state index in [1.165, 1.54) is 24.0 Å². The van der Waals surface area contributed by atoms with Gasteiger partial charge in [-0.3, -0.25) is 4.68 Å². The molecule has 0 atom stereocenters. The maximum Gasteiger partial charge on any atom is 0.435 e. The third kappa shape index (κ3) is 4.43. The van der Waals surface area contributed by atoms with Gasteiger partial charge in [-0.25, -0.2) is 4.39 Å². The lowest BCUT2D eigenvalue weighted by Gasteiger charge is -2.12. The van der Waals surface area contributed by atoms with E-state index < -0.39 is 53.2 Å². The molecule has 2 aromatic heterocycles. The minimum Gasteiger partial charge on any atom is -0.484 e. The monoisotopic (exact) mass is 423 g/mol. The third-order valence-electron chi connectivity index (χ3n) is 3.67. The Labute approximate surface area is 158 Å². The van der Waals surface area contributed by atoms with Crippen LogP contribution < -0.4 is 10.5 Å². The molecule has 0 aliphatic rings. The van der Waals surface area contributed by atoms with Crippen LogP contribution in [0.2, 0.25) is 0 Å². The van der Waals surface area contributed by atoms with Gasteiger partial charge in [-0.1, -0.05) is 0 Å². The minimum absolute atomic E-state index is 0.0355. The number of benzene rings is 1. The lowest BCUT2D eigenvalue weighted by molar-refractivity contribution is -0.153. The molecule has 0 unspecified atom stereocenters. The van der Waals surface area contributed by atoms with Crippen molar-refractivity contribution >= 4 is 5.82 Å². The smallest absolute Gasteiger partial charge is 0.435 e. The summed E-state index contributed by atoms with van der Waals surface area (Å²) >= 11 is 0. The van der Waals surface area contributed by atoms with E-state index >= 15 is 0 Å². The fraction of sp³-hybridized carbons (Fsp3) is 0.250. The number of nitrogens with zero attached hydrogens (tertiary/aromatic N) is 4. The summed E-state index contributed by atoms with van der Waals surface area (Å²) in [5.41, 5.74) is 3.22. The molecule has 0 saturated carbocycles. The lowest BCUT2D eigenvalue weighted by atomic mass is 10.0. The van der Waals surface area contributed by atoms with Crippen molar-refractivity contribution in [1.29, 1.82) is 0 Å². The van der Waals surface area contributed by atoms with E-state index in [1.807, 2.05) is 0 Å². The van der Waals surface area contributed by atoms with Crippen molar-refractivity contribution in [2.45, 2.75) is 12.4 Å². The zero-order valence-electron chi connectivity index (χ0n) is 14.5. The van der Waals surface area contributed by atoms with Crippen LogP contribution in [0.3, 0.4) is 0 Å². The summed E-state index contributed by atoms with van der Waals surface area (Å²) in [6.07, 6.45) is -8.26. The van der Waals surface area contributed by atoms with Crippen LogP contribution in [-0.2, 0) is 13.2 Å². The maximum absolute atomic E-state index is 13.9. The summed E-state index contributed by atoms with van der Waals surface area (Å²) in [6, 6.07) is 3.46. The number of anilines is 1. The van der Waals surface area contributed by atoms with Crippen molar-refractivity contribution in [1.82, 2.24) is 19.6 Å². The largest absolute Gasteiger partial charge is 0.484 e. The van der Waals surface area contributed by atoms with Gasteiger partial charge in [0.25, 0.3) is 0 Å². The number of hydrogen-bond acceptors (Lipinski definition) is 4. The normalized spacial score (nSPS) is 12.4. The summed E-state index contributed by atoms with van der Waals surface area (Å²) in [4.78, 5) is 0. The molecule has 0 spiro atoms. The Morgan fingerprint density at radius 1 is 1.07 bits per heavy atom. The summed E-state index contributed by atoms with van der Waals surface area (Å²) < 4.78 is 97.9. The van der Waals surface area contributed by atoms with E-state index in [-0.39, 0.29) is 5.82 Å². The highest BCUT2D eigenvalue weighted by Gasteiger charge is 2.40. The van der Waals surface area contributed by atoms with Gasteiger partial charge in [0.15, 0.2) is 18.1 Å². The fourth-order valence-electron chi connectivity index (χ4n) is 2.56. The molecule has 0 aliphatic heterocycles. The van der Waals surface area contributed by atoms with Gasteiger partial charge in [0.1, 0.15) is 17.4 Å². The molecule has 29 heavy (non-hydrogen) atoms. The Morgan fingerprint density at radius 3 is 2.31 bits per heavy atom. The van der Waals surface area contributed by atoms with Gasteiger partial charge in [0, 0.05) is 25.4 Å². The number of aryl methyl sites for hydroxylation is 1. The average molecular weight is 423 g/mol. The average Bonchev–Trinajstić information content (AvgIpc) is 3.14. The zero-order chi connectivity index (χ0) is 21.6. The molecule has 0 saturated heterocycles. The maximum atomic E-state index is 13.9. The van der Waals surface area contributed by atoms with Crippen molar-refractivity contribution in [2.24, 2.45) is 7.05 Å². The van der Waals surface area contributed by atoms with E-state index in [2.05, 4.69) is 14.9 Å². The second-order valence-electron chi connectivity index (χ2n) is 5.95. The van der Waals surface area contributed by atoms with Gasteiger partial charge in [-0.05, 0) is 17.7 Å². The van der Waals surface area contributed by atoms with Gasteiger partial charge in [-0.2, -0.15) is 41.2 Å². The molecule has 0 radical (unpaired) electrons. The molecule has 0 fully saturated rings. The third-order valence-corrected chi connectivity index (χ3v) is 3.67. The van der Waals surface area contributed by atoms with Crippen LogP contribution in [0.1, 0.15) is 5.69 Å². The van der Waals surface area contributed by atoms with Crippen molar-refractivity contribution in [3.8, 4) is 22.7 Å². The molecular weight excluding hydrogens is 411 g/mol. The number of nitrogen functional groups attached to an aromatic ring is 1. The second kappa shape index (κ2) is 6.97. The van der Waals surface area contributed by atoms with E-state index in [1.54, 1.807) is 0 Å². The second-order valence-corrected chi connectivity index (χ2v) is 5.95. The predicted octanol–water partition coefficient (Wildman–Crippen LogP) is 3.95. The molecule has 6 nitrogen and oxygen atoms in total.